The third-order valence-corrected chi connectivity index (χ3v) is 5.44. The highest BCUT2D eigenvalue weighted by atomic mass is 32.2. The molecule has 1 aliphatic carbocycles. The molecular formula is C11H21N3O4S. The predicted octanol–water partition coefficient (Wildman–Crippen LogP) is 0.0961. The molecule has 3 N–H and O–H groups in total. The van der Waals surface area contributed by atoms with Crippen LogP contribution in [0, 0.1) is 0 Å². The standard InChI is InChI=1S/C11H21N3O4S/c12-11(13-15)5-6-14(9-3-4-9)19(16,17)8-10-2-1-7-18-10/h9-10,15H,1-8H2,(H2,12,13). The summed E-state index contributed by atoms with van der Waals surface area (Å²) in [7, 11) is -3.33. The predicted molar refractivity (Wildman–Crippen MR) is 70.5 cm³/mol. The van der Waals surface area contributed by atoms with E-state index >= 15 is 0 Å². The summed E-state index contributed by atoms with van der Waals surface area (Å²) in [6.07, 6.45) is 3.57. The zero-order valence-corrected chi connectivity index (χ0v) is 11.7. The Morgan fingerprint density at radius 2 is 2.16 bits per heavy atom. The van der Waals surface area contributed by atoms with Crippen LogP contribution in [-0.2, 0) is 14.8 Å². The van der Waals surface area contributed by atoms with Gasteiger partial charge in [-0.3, -0.25) is 0 Å². The van der Waals surface area contributed by atoms with E-state index in [4.69, 9.17) is 15.7 Å². The van der Waals surface area contributed by atoms with Crippen LogP contribution in [0.2, 0.25) is 0 Å². The van der Waals surface area contributed by atoms with Gasteiger partial charge in [0.05, 0.1) is 11.9 Å². The molecule has 0 aromatic rings. The molecule has 1 saturated carbocycles. The van der Waals surface area contributed by atoms with Crippen LogP contribution in [0.4, 0.5) is 0 Å². The van der Waals surface area contributed by atoms with Crippen LogP contribution in [0.15, 0.2) is 5.16 Å². The van der Waals surface area contributed by atoms with Gasteiger partial charge in [0.2, 0.25) is 10.0 Å². The van der Waals surface area contributed by atoms with Gasteiger partial charge in [-0.2, -0.15) is 4.31 Å². The second-order valence-electron chi connectivity index (χ2n) is 5.10. The SMILES string of the molecule is NC(CCN(C1CC1)S(=O)(=O)CC1CCCO1)=NO. The number of ether oxygens (including phenoxy) is 1. The number of oxime groups is 1. The van der Waals surface area contributed by atoms with Crippen LogP contribution in [0.25, 0.3) is 0 Å². The summed E-state index contributed by atoms with van der Waals surface area (Å²) in [4.78, 5) is 0. The normalized spacial score (nSPS) is 25.1. The zero-order chi connectivity index (χ0) is 13.9. The molecular weight excluding hydrogens is 270 g/mol. The first-order valence-corrected chi connectivity index (χ1v) is 8.21. The van der Waals surface area contributed by atoms with Crippen molar-refractivity contribution in [2.24, 2.45) is 10.9 Å². The summed E-state index contributed by atoms with van der Waals surface area (Å²) in [5, 5.41) is 11.4. The highest BCUT2D eigenvalue weighted by Crippen LogP contribution is 2.30. The monoisotopic (exact) mass is 291 g/mol. The largest absolute Gasteiger partial charge is 0.409 e. The van der Waals surface area contributed by atoms with E-state index < -0.39 is 10.0 Å². The lowest BCUT2D eigenvalue weighted by atomic mass is 10.3. The molecule has 0 bridgehead atoms. The molecule has 2 fully saturated rings. The van der Waals surface area contributed by atoms with Crippen LogP contribution in [0.1, 0.15) is 32.1 Å². The first kappa shape index (κ1) is 14.5. The van der Waals surface area contributed by atoms with E-state index in [0.29, 0.717) is 6.61 Å². The zero-order valence-electron chi connectivity index (χ0n) is 10.9. The van der Waals surface area contributed by atoms with Gasteiger partial charge in [-0.25, -0.2) is 8.42 Å². The van der Waals surface area contributed by atoms with Crippen molar-refractivity contribution in [2.75, 3.05) is 18.9 Å². The van der Waals surface area contributed by atoms with Gasteiger partial charge < -0.3 is 15.7 Å². The van der Waals surface area contributed by atoms with Gasteiger partial charge in [0.25, 0.3) is 0 Å². The smallest absolute Gasteiger partial charge is 0.216 e. The molecule has 0 amide bonds. The van der Waals surface area contributed by atoms with E-state index in [-0.39, 0.29) is 36.7 Å². The molecule has 2 rings (SSSR count). The molecule has 0 aromatic carbocycles. The summed E-state index contributed by atoms with van der Waals surface area (Å²) >= 11 is 0. The molecule has 8 heteroatoms. The Morgan fingerprint density at radius 3 is 2.68 bits per heavy atom. The molecule has 1 aliphatic heterocycles. The van der Waals surface area contributed by atoms with Crippen LogP contribution < -0.4 is 5.73 Å². The quantitative estimate of drug-likeness (QED) is 0.299. The number of amidine groups is 1. The molecule has 0 spiro atoms. The summed E-state index contributed by atoms with van der Waals surface area (Å²) in [6.45, 7) is 0.920. The molecule has 1 saturated heterocycles. The van der Waals surface area contributed by atoms with Crippen LogP contribution in [0.3, 0.4) is 0 Å². The maximum absolute atomic E-state index is 12.4. The number of nitrogens with two attached hydrogens (primary N) is 1. The van der Waals surface area contributed by atoms with E-state index in [1.165, 1.54) is 4.31 Å². The molecule has 19 heavy (non-hydrogen) atoms. The van der Waals surface area contributed by atoms with E-state index in [1.807, 2.05) is 0 Å². The van der Waals surface area contributed by atoms with E-state index in [2.05, 4.69) is 5.16 Å². The first-order valence-electron chi connectivity index (χ1n) is 6.60. The van der Waals surface area contributed by atoms with Crippen molar-refractivity contribution in [3.8, 4) is 0 Å². The van der Waals surface area contributed by atoms with Gasteiger partial charge in [0.1, 0.15) is 5.84 Å². The number of nitrogens with zero attached hydrogens (tertiary/aromatic N) is 2. The summed E-state index contributed by atoms with van der Waals surface area (Å²) in [5.41, 5.74) is 5.40. The lowest BCUT2D eigenvalue weighted by Gasteiger charge is -2.23. The fourth-order valence-corrected chi connectivity index (χ4v) is 4.25. The number of hydrogen-bond donors (Lipinski definition) is 2. The Kier molecular flexibility index (Phi) is 4.64. The molecule has 7 nitrogen and oxygen atoms in total. The van der Waals surface area contributed by atoms with E-state index in [1.54, 1.807) is 0 Å². The Bertz CT molecular complexity index is 427. The van der Waals surface area contributed by atoms with Crippen LogP contribution >= 0.6 is 0 Å². The first-order chi connectivity index (χ1) is 9.03. The molecule has 1 heterocycles. The van der Waals surface area contributed by atoms with Crippen molar-refractivity contribution in [2.45, 2.75) is 44.2 Å². The Labute approximate surface area is 113 Å². The molecule has 0 aromatic heterocycles. The van der Waals surface area contributed by atoms with E-state index in [0.717, 1.165) is 25.7 Å². The van der Waals surface area contributed by atoms with Crippen molar-refractivity contribution >= 4 is 15.9 Å². The van der Waals surface area contributed by atoms with Crippen molar-refractivity contribution in [3.63, 3.8) is 0 Å². The fourth-order valence-electron chi connectivity index (χ4n) is 2.29. The number of hydrogen-bond acceptors (Lipinski definition) is 5. The lowest BCUT2D eigenvalue weighted by Crippen LogP contribution is -2.40. The fraction of sp³-hybridized carbons (Fsp3) is 0.909. The van der Waals surface area contributed by atoms with Crippen molar-refractivity contribution in [1.82, 2.24) is 4.31 Å². The average molecular weight is 291 g/mol. The lowest BCUT2D eigenvalue weighted by molar-refractivity contribution is 0.126. The maximum atomic E-state index is 12.4. The van der Waals surface area contributed by atoms with Gasteiger partial charge in [0.15, 0.2) is 0 Å². The molecule has 1 unspecified atom stereocenters. The van der Waals surface area contributed by atoms with Crippen LogP contribution in [0.5, 0.6) is 0 Å². The summed E-state index contributed by atoms with van der Waals surface area (Å²) < 4.78 is 31.6. The van der Waals surface area contributed by atoms with Gasteiger partial charge in [-0.05, 0) is 25.7 Å². The number of sulfonamides is 1. The Morgan fingerprint density at radius 1 is 1.42 bits per heavy atom. The minimum absolute atomic E-state index is 0.0413. The highest BCUT2D eigenvalue weighted by Gasteiger charge is 2.38. The minimum atomic E-state index is -3.33. The Hall–Kier alpha value is -0.860. The van der Waals surface area contributed by atoms with E-state index in [9.17, 15) is 8.42 Å². The summed E-state index contributed by atoms with van der Waals surface area (Å²) in [6, 6.07) is 0.0814. The van der Waals surface area contributed by atoms with Gasteiger partial charge in [-0.1, -0.05) is 5.16 Å². The number of rotatable bonds is 7. The molecule has 110 valence electrons. The van der Waals surface area contributed by atoms with Gasteiger partial charge in [-0.15, -0.1) is 0 Å². The highest BCUT2D eigenvalue weighted by molar-refractivity contribution is 7.89. The van der Waals surface area contributed by atoms with Gasteiger partial charge in [0, 0.05) is 25.6 Å². The molecule has 1 atom stereocenters. The molecule has 0 radical (unpaired) electrons. The minimum Gasteiger partial charge on any atom is -0.409 e. The summed E-state index contributed by atoms with van der Waals surface area (Å²) in [5.74, 6) is 0.0950. The second-order valence-corrected chi connectivity index (χ2v) is 7.06. The maximum Gasteiger partial charge on any atom is 0.216 e. The third kappa shape index (κ3) is 4.05. The average Bonchev–Trinajstić information content (AvgIpc) is 3.06. The second kappa shape index (κ2) is 6.06. The van der Waals surface area contributed by atoms with Crippen LogP contribution in [-0.4, -0.2) is 54.8 Å². The Balaban J connectivity index is 1.96. The van der Waals surface area contributed by atoms with Crippen molar-refractivity contribution in [1.29, 1.82) is 0 Å². The third-order valence-electron chi connectivity index (χ3n) is 3.45. The van der Waals surface area contributed by atoms with Gasteiger partial charge >= 0.3 is 0 Å². The van der Waals surface area contributed by atoms with Crippen molar-refractivity contribution in [3.05, 3.63) is 0 Å². The topological polar surface area (TPSA) is 105 Å². The van der Waals surface area contributed by atoms with Crippen molar-refractivity contribution < 1.29 is 18.4 Å². The molecule has 2 aliphatic rings.